The quantitative estimate of drug-likeness (QED) is 0.929. The van der Waals surface area contributed by atoms with Crippen molar-refractivity contribution in [3.8, 4) is 0 Å². The van der Waals surface area contributed by atoms with Crippen molar-refractivity contribution in [1.29, 1.82) is 0 Å². The number of sulfonamides is 1. The summed E-state index contributed by atoms with van der Waals surface area (Å²) in [6.45, 7) is 1.85. The van der Waals surface area contributed by atoms with E-state index in [0.717, 1.165) is 31.7 Å². The molecule has 0 amide bonds. The number of aliphatic hydroxyl groups is 1. The van der Waals surface area contributed by atoms with Crippen LogP contribution in [0.1, 0.15) is 38.2 Å². The Morgan fingerprint density at radius 2 is 1.90 bits per heavy atom. The van der Waals surface area contributed by atoms with E-state index in [0.29, 0.717) is 11.5 Å². The molecule has 0 bridgehead atoms. The third-order valence-electron chi connectivity index (χ3n) is 4.33. The van der Waals surface area contributed by atoms with E-state index in [9.17, 15) is 12.8 Å². The lowest BCUT2D eigenvalue weighted by atomic mass is 9.87. The molecule has 1 saturated carbocycles. The second kappa shape index (κ2) is 6.42. The molecular weight excluding hydrogens is 293 g/mol. The van der Waals surface area contributed by atoms with Gasteiger partial charge in [0.25, 0.3) is 0 Å². The predicted molar refractivity (Wildman–Crippen MR) is 78.7 cm³/mol. The molecule has 21 heavy (non-hydrogen) atoms. The van der Waals surface area contributed by atoms with E-state index < -0.39 is 15.8 Å². The zero-order valence-electron chi connectivity index (χ0n) is 12.4. The summed E-state index contributed by atoms with van der Waals surface area (Å²) in [5.41, 5.74) is 0.389. The number of nitrogens with zero attached hydrogens (tertiary/aromatic N) is 1. The summed E-state index contributed by atoms with van der Waals surface area (Å²) in [5, 5.41) is 9.10. The third-order valence-corrected chi connectivity index (χ3v) is 6.26. The van der Waals surface area contributed by atoms with Crippen molar-refractivity contribution in [2.45, 2.75) is 50.2 Å². The van der Waals surface area contributed by atoms with E-state index in [1.165, 1.54) is 23.5 Å². The Hall–Kier alpha value is -0.980. The van der Waals surface area contributed by atoms with Crippen molar-refractivity contribution in [2.75, 3.05) is 7.05 Å². The molecule has 2 rings (SSSR count). The van der Waals surface area contributed by atoms with Gasteiger partial charge in [0.05, 0.1) is 6.61 Å². The first-order chi connectivity index (χ1) is 9.86. The number of halogens is 1. The van der Waals surface area contributed by atoms with Gasteiger partial charge in [0.2, 0.25) is 10.0 Å². The van der Waals surface area contributed by atoms with Gasteiger partial charge in [0.1, 0.15) is 10.7 Å². The van der Waals surface area contributed by atoms with Crippen molar-refractivity contribution < 1.29 is 17.9 Å². The van der Waals surface area contributed by atoms with Crippen LogP contribution in [0.5, 0.6) is 0 Å². The Morgan fingerprint density at radius 1 is 1.29 bits per heavy atom. The number of aliphatic hydroxyl groups excluding tert-OH is 1. The first-order valence-electron chi connectivity index (χ1n) is 7.23. The molecule has 0 atom stereocenters. The van der Waals surface area contributed by atoms with Crippen LogP contribution < -0.4 is 0 Å². The Balaban J connectivity index is 2.29. The van der Waals surface area contributed by atoms with Gasteiger partial charge in [-0.1, -0.05) is 13.0 Å². The zero-order chi connectivity index (χ0) is 15.6. The van der Waals surface area contributed by atoms with Crippen LogP contribution in [0.4, 0.5) is 4.39 Å². The standard InChI is InChI=1S/C15H22FNO3S/c1-11-3-6-13(7-4-11)17(2)21(19,20)15-9-12(10-18)5-8-14(15)16/h5,8-9,11,13,18H,3-4,6-7,10H2,1-2H3. The molecule has 1 aliphatic rings. The molecule has 6 heteroatoms. The molecule has 0 saturated heterocycles. The summed E-state index contributed by atoms with van der Waals surface area (Å²) in [6.07, 6.45) is 3.59. The van der Waals surface area contributed by atoms with E-state index in [1.54, 1.807) is 0 Å². The monoisotopic (exact) mass is 315 g/mol. The molecule has 118 valence electrons. The van der Waals surface area contributed by atoms with Gasteiger partial charge in [0, 0.05) is 13.1 Å². The topological polar surface area (TPSA) is 57.6 Å². The van der Waals surface area contributed by atoms with Gasteiger partial charge >= 0.3 is 0 Å². The van der Waals surface area contributed by atoms with Crippen molar-refractivity contribution in [3.05, 3.63) is 29.6 Å². The lowest BCUT2D eigenvalue weighted by Gasteiger charge is -2.32. The van der Waals surface area contributed by atoms with Gasteiger partial charge in [-0.25, -0.2) is 12.8 Å². The summed E-state index contributed by atoms with van der Waals surface area (Å²) in [5.74, 6) is -0.157. The molecule has 1 aliphatic carbocycles. The molecular formula is C15H22FNO3S. The van der Waals surface area contributed by atoms with Gasteiger partial charge in [-0.15, -0.1) is 0 Å². The van der Waals surface area contributed by atoms with Crippen LogP contribution in [0.15, 0.2) is 23.1 Å². The van der Waals surface area contributed by atoms with E-state index >= 15 is 0 Å². The van der Waals surface area contributed by atoms with Crippen molar-refractivity contribution in [3.63, 3.8) is 0 Å². The summed E-state index contributed by atoms with van der Waals surface area (Å²) in [6, 6.07) is 3.61. The Labute approximate surface area is 125 Å². The SMILES string of the molecule is CC1CCC(N(C)S(=O)(=O)c2cc(CO)ccc2F)CC1. The number of benzene rings is 1. The lowest BCUT2D eigenvalue weighted by Crippen LogP contribution is -2.39. The maximum atomic E-state index is 13.9. The van der Waals surface area contributed by atoms with Crippen molar-refractivity contribution in [1.82, 2.24) is 4.31 Å². The smallest absolute Gasteiger partial charge is 0.245 e. The van der Waals surface area contributed by atoms with Crippen LogP contribution in [0, 0.1) is 11.7 Å². The van der Waals surface area contributed by atoms with E-state index in [4.69, 9.17) is 5.11 Å². The van der Waals surface area contributed by atoms with Gasteiger partial charge in [0.15, 0.2) is 0 Å². The fourth-order valence-electron chi connectivity index (χ4n) is 2.80. The minimum Gasteiger partial charge on any atom is -0.392 e. The molecule has 4 nitrogen and oxygen atoms in total. The van der Waals surface area contributed by atoms with E-state index in [1.807, 2.05) is 0 Å². The van der Waals surface area contributed by atoms with Crippen molar-refractivity contribution in [2.24, 2.45) is 5.92 Å². The van der Waals surface area contributed by atoms with Gasteiger partial charge in [-0.3, -0.25) is 0 Å². The molecule has 0 aliphatic heterocycles. The average molecular weight is 315 g/mol. The number of rotatable bonds is 4. The van der Waals surface area contributed by atoms with Crippen molar-refractivity contribution >= 4 is 10.0 Å². The van der Waals surface area contributed by atoms with E-state index in [2.05, 4.69) is 6.92 Å². The fourth-order valence-corrected chi connectivity index (χ4v) is 4.33. The highest BCUT2D eigenvalue weighted by Crippen LogP contribution is 2.30. The zero-order valence-corrected chi connectivity index (χ0v) is 13.2. The summed E-state index contributed by atoms with van der Waals surface area (Å²) < 4.78 is 40.4. The Kier molecular flexibility index (Phi) is 5.01. The summed E-state index contributed by atoms with van der Waals surface area (Å²) >= 11 is 0. The summed E-state index contributed by atoms with van der Waals surface area (Å²) in [4.78, 5) is -0.352. The first-order valence-corrected chi connectivity index (χ1v) is 8.67. The highest BCUT2D eigenvalue weighted by atomic mass is 32.2. The normalized spacial score (nSPS) is 23.5. The largest absolute Gasteiger partial charge is 0.392 e. The molecule has 0 aromatic heterocycles. The molecule has 1 aromatic carbocycles. The highest BCUT2D eigenvalue weighted by Gasteiger charge is 2.32. The minimum absolute atomic E-state index is 0.0802. The maximum absolute atomic E-state index is 13.9. The lowest BCUT2D eigenvalue weighted by molar-refractivity contribution is 0.245. The van der Waals surface area contributed by atoms with E-state index in [-0.39, 0.29) is 17.5 Å². The molecule has 0 radical (unpaired) electrons. The predicted octanol–water partition coefficient (Wildman–Crippen LogP) is 2.52. The molecule has 0 heterocycles. The molecule has 0 unspecified atom stereocenters. The van der Waals surface area contributed by atoms with Gasteiger partial charge in [-0.05, 0) is 49.3 Å². The first kappa shape index (κ1) is 16.4. The van der Waals surface area contributed by atoms with Crippen LogP contribution in [0.3, 0.4) is 0 Å². The molecule has 1 N–H and O–H groups in total. The highest BCUT2D eigenvalue weighted by molar-refractivity contribution is 7.89. The summed E-state index contributed by atoms with van der Waals surface area (Å²) in [7, 11) is -2.36. The van der Waals surface area contributed by atoms with Gasteiger partial charge in [-0.2, -0.15) is 4.31 Å². The van der Waals surface area contributed by atoms with Gasteiger partial charge < -0.3 is 5.11 Å². The van der Waals surface area contributed by atoms with Crippen LogP contribution in [0.2, 0.25) is 0 Å². The van der Waals surface area contributed by atoms with Crippen LogP contribution in [0.25, 0.3) is 0 Å². The second-order valence-corrected chi connectivity index (χ2v) is 7.82. The minimum atomic E-state index is -3.87. The Morgan fingerprint density at radius 3 is 2.48 bits per heavy atom. The fraction of sp³-hybridized carbons (Fsp3) is 0.600. The molecule has 0 spiro atoms. The maximum Gasteiger partial charge on any atom is 0.245 e. The molecule has 1 aromatic rings. The van der Waals surface area contributed by atoms with Crippen LogP contribution >= 0.6 is 0 Å². The van der Waals surface area contributed by atoms with Crippen LogP contribution in [-0.4, -0.2) is 30.9 Å². The number of hydrogen-bond donors (Lipinski definition) is 1. The van der Waals surface area contributed by atoms with Crippen LogP contribution in [-0.2, 0) is 16.6 Å². The third kappa shape index (κ3) is 3.44. The second-order valence-electron chi connectivity index (χ2n) is 5.86. The number of hydrogen-bond acceptors (Lipinski definition) is 3. The molecule has 1 fully saturated rings. The Bertz CT molecular complexity index is 595. The average Bonchev–Trinajstić information content (AvgIpc) is 2.47.